The number of nitrogens with zero attached hydrogens (tertiary/aromatic N) is 5. The van der Waals surface area contributed by atoms with Gasteiger partial charge < -0.3 is 5.32 Å². The van der Waals surface area contributed by atoms with Crippen molar-refractivity contribution >= 4 is 11.5 Å². The zero-order valence-electron chi connectivity index (χ0n) is 16.6. The Kier molecular flexibility index (Phi) is 5.21. The molecule has 8 heteroatoms. The predicted octanol–water partition coefficient (Wildman–Crippen LogP) is 4.37. The summed E-state index contributed by atoms with van der Waals surface area (Å²) in [4.78, 5) is 19.6. The molecule has 8 nitrogen and oxygen atoms in total. The van der Waals surface area contributed by atoms with Gasteiger partial charge in [-0.25, -0.2) is 9.97 Å². The van der Waals surface area contributed by atoms with Gasteiger partial charge in [0.15, 0.2) is 5.82 Å². The van der Waals surface area contributed by atoms with Crippen molar-refractivity contribution in [1.29, 1.82) is 0 Å². The maximum Gasteiger partial charge on any atom is 0.270 e. The number of aryl methyl sites for hydroxylation is 2. The summed E-state index contributed by atoms with van der Waals surface area (Å²) in [6.45, 7) is 2.45. The van der Waals surface area contributed by atoms with Crippen LogP contribution in [0.3, 0.4) is 0 Å². The number of aromatic nitrogens is 4. The Morgan fingerprint density at radius 2 is 1.83 bits per heavy atom. The first kappa shape index (κ1) is 19.3. The first-order valence-corrected chi connectivity index (χ1v) is 9.40. The molecular weight excluding hydrogens is 380 g/mol. The van der Waals surface area contributed by atoms with E-state index in [0.29, 0.717) is 23.8 Å². The molecule has 0 saturated carbocycles. The Hall–Kier alpha value is -4.07. The van der Waals surface area contributed by atoms with Crippen molar-refractivity contribution in [3.8, 4) is 22.5 Å². The Balaban J connectivity index is 1.55. The molecule has 4 rings (SSSR count). The van der Waals surface area contributed by atoms with Gasteiger partial charge in [0, 0.05) is 54.8 Å². The van der Waals surface area contributed by atoms with E-state index < -0.39 is 4.92 Å². The highest BCUT2D eigenvalue weighted by Gasteiger charge is 2.11. The van der Waals surface area contributed by atoms with Crippen molar-refractivity contribution in [3.05, 3.63) is 88.4 Å². The Labute approximate surface area is 173 Å². The third kappa shape index (κ3) is 4.33. The molecular formula is C22H20N6O2. The van der Waals surface area contributed by atoms with Crippen LogP contribution in [-0.4, -0.2) is 24.7 Å². The van der Waals surface area contributed by atoms with Gasteiger partial charge in [0.05, 0.1) is 11.1 Å². The van der Waals surface area contributed by atoms with Crippen molar-refractivity contribution in [2.75, 3.05) is 5.32 Å². The van der Waals surface area contributed by atoms with E-state index in [9.17, 15) is 10.1 Å². The standard InChI is InChI=1S/C22H20N6O2/c1-15-9-21(26-22(25-15)18-7-4-8-20(11-18)28(29)30)23-12-16-5-3-6-17(10-16)19-13-24-27(2)14-19/h3-11,13-14H,12H2,1-2H3,(H,23,25,26). The first-order valence-electron chi connectivity index (χ1n) is 9.40. The van der Waals surface area contributed by atoms with E-state index in [-0.39, 0.29) is 5.69 Å². The van der Waals surface area contributed by atoms with Crippen molar-refractivity contribution < 1.29 is 4.92 Å². The van der Waals surface area contributed by atoms with Crippen LogP contribution in [0.4, 0.5) is 11.5 Å². The molecule has 0 aliphatic carbocycles. The molecule has 0 saturated heterocycles. The number of nitrogens with one attached hydrogen (secondary N) is 1. The number of nitro groups is 1. The van der Waals surface area contributed by atoms with Crippen LogP contribution in [0.25, 0.3) is 22.5 Å². The molecule has 0 aliphatic rings. The summed E-state index contributed by atoms with van der Waals surface area (Å²) >= 11 is 0. The fourth-order valence-corrected chi connectivity index (χ4v) is 3.17. The van der Waals surface area contributed by atoms with Crippen molar-refractivity contribution in [2.24, 2.45) is 7.05 Å². The Morgan fingerprint density at radius 3 is 2.60 bits per heavy atom. The van der Waals surface area contributed by atoms with Crippen LogP contribution in [0.1, 0.15) is 11.3 Å². The number of non-ortho nitro benzene ring substituents is 1. The zero-order chi connectivity index (χ0) is 21.1. The molecule has 30 heavy (non-hydrogen) atoms. The molecule has 0 spiro atoms. The lowest BCUT2D eigenvalue weighted by Crippen LogP contribution is -2.04. The van der Waals surface area contributed by atoms with Crippen LogP contribution in [0.15, 0.2) is 67.0 Å². The molecule has 2 aromatic carbocycles. The molecule has 0 aliphatic heterocycles. The number of benzene rings is 2. The Morgan fingerprint density at radius 1 is 1.03 bits per heavy atom. The van der Waals surface area contributed by atoms with Gasteiger partial charge in [-0.05, 0) is 24.1 Å². The summed E-state index contributed by atoms with van der Waals surface area (Å²) in [5, 5.41) is 18.6. The second-order valence-corrected chi connectivity index (χ2v) is 6.98. The lowest BCUT2D eigenvalue weighted by molar-refractivity contribution is -0.384. The van der Waals surface area contributed by atoms with Gasteiger partial charge in [-0.15, -0.1) is 0 Å². The van der Waals surface area contributed by atoms with Gasteiger partial charge in [-0.3, -0.25) is 14.8 Å². The molecule has 0 bridgehead atoms. The third-order valence-electron chi connectivity index (χ3n) is 4.61. The minimum Gasteiger partial charge on any atom is -0.366 e. The minimum atomic E-state index is -0.423. The SMILES string of the molecule is Cc1cc(NCc2cccc(-c3cnn(C)c3)c2)nc(-c2cccc([N+](=O)[O-])c2)n1. The normalized spacial score (nSPS) is 10.7. The van der Waals surface area contributed by atoms with Gasteiger partial charge in [-0.1, -0.05) is 30.3 Å². The number of rotatable bonds is 6. The average Bonchev–Trinajstić information content (AvgIpc) is 3.18. The largest absolute Gasteiger partial charge is 0.366 e. The molecule has 0 amide bonds. The second kappa shape index (κ2) is 8.12. The summed E-state index contributed by atoms with van der Waals surface area (Å²) in [6.07, 6.45) is 3.82. The lowest BCUT2D eigenvalue weighted by Gasteiger charge is -2.10. The molecule has 0 fully saturated rings. The summed E-state index contributed by atoms with van der Waals surface area (Å²) in [6, 6.07) is 16.4. The van der Waals surface area contributed by atoms with Gasteiger partial charge >= 0.3 is 0 Å². The van der Waals surface area contributed by atoms with E-state index in [1.165, 1.54) is 12.1 Å². The van der Waals surface area contributed by atoms with Crippen LogP contribution in [0.5, 0.6) is 0 Å². The number of hydrogen-bond donors (Lipinski definition) is 1. The molecule has 2 aromatic heterocycles. The van der Waals surface area contributed by atoms with Crippen LogP contribution >= 0.6 is 0 Å². The quantitative estimate of drug-likeness (QED) is 0.381. The summed E-state index contributed by atoms with van der Waals surface area (Å²) in [7, 11) is 1.89. The Bertz CT molecular complexity index is 1220. The van der Waals surface area contributed by atoms with Crippen LogP contribution < -0.4 is 5.32 Å². The summed E-state index contributed by atoms with van der Waals surface area (Å²) < 4.78 is 1.78. The topological polar surface area (TPSA) is 98.8 Å². The number of hydrogen-bond acceptors (Lipinski definition) is 6. The molecule has 4 aromatic rings. The highest BCUT2D eigenvalue weighted by atomic mass is 16.6. The number of nitro benzene ring substituents is 1. The smallest absolute Gasteiger partial charge is 0.270 e. The van der Waals surface area contributed by atoms with E-state index >= 15 is 0 Å². The molecule has 0 radical (unpaired) electrons. The number of anilines is 1. The van der Waals surface area contributed by atoms with E-state index in [0.717, 1.165) is 22.4 Å². The fourth-order valence-electron chi connectivity index (χ4n) is 3.17. The molecule has 150 valence electrons. The maximum absolute atomic E-state index is 11.1. The molecule has 0 atom stereocenters. The highest BCUT2D eigenvalue weighted by Crippen LogP contribution is 2.23. The zero-order valence-corrected chi connectivity index (χ0v) is 16.6. The molecule has 0 unspecified atom stereocenters. The minimum absolute atomic E-state index is 0.0133. The van der Waals surface area contributed by atoms with Gasteiger partial charge in [0.1, 0.15) is 5.82 Å². The van der Waals surface area contributed by atoms with Crippen molar-refractivity contribution in [3.63, 3.8) is 0 Å². The third-order valence-corrected chi connectivity index (χ3v) is 4.61. The van der Waals surface area contributed by atoms with Crippen LogP contribution in [0.2, 0.25) is 0 Å². The van der Waals surface area contributed by atoms with Gasteiger partial charge in [0.25, 0.3) is 5.69 Å². The van der Waals surface area contributed by atoms with E-state index in [1.807, 2.05) is 44.6 Å². The summed E-state index contributed by atoms with van der Waals surface area (Å²) in [5.41, 5.74) is 4.65. The summed E-state index contributed by atoms with van der Waals surface area (Å²) in [5.74, 6) is 1.11. The average molecular weight is 400 g/mol. The van der Waals surface area contributed by atoms with E-state index in [1.54, 1.807) is 16.8 Å². The maximum atomic E-state index is 11.1. The lowest BCUT2D eigenvalue weighted by atomic mass is 10.1. The van der Waals surface area contributed by atoms with E-state index in [4.69, 9.17) is 0 Å². The van der Waals surface area contributed by atoms with Crippen molar-refractivity contribution in [1.82, 2.24) is 19.7 Å². The van der Waals surface area contributed by atoms with Crippen LogP contribution in [-0.2, 0) is 13.6 Å². The van der Waals surface area contributed by atoms with E-state index in [2.05, 4.69) is 32.5 Å². The highest BCUT2D eigenvalue weighted by molar-refractivity contribution is 5.63. The fraction of sp³-hybridized carbons (Fsp3) is 0.136. The van der Waals surface area contributed by atoms with Gasteiger partial charge in [0.2, 0.25) is 0 Å². The first-order chi connectivity index (χ1) is 14.5. The monoisotopic (exact) mass is 400 g/mol. The second-order valence-electron chi connectivity index (χ2n) is 6.98. The molecule has 1 N–H and O–H groups in total. The van der Waals surface area contributed by atoms with Crippen molar-refractivity contribution in [2.45, 2.75) is 13.5 Å². The van der Waals surface area contributed by atoms with Crippen LogP contribution in [0, 0.1) is 17.0 Å². The predicted molar refractivity (Wildman–Crippen MR) is 115 cm³/mol. The van der Waals surface area contributed by atoms with Gasteiger partial charge in [-0.2, -0.15) is 5.10 Å². The molecule has 2 heterocycles.